The lowest BCUT2D eigenvalue weighted by Gasteiger charge is -2.10. The third kappa shape index (κ3) is 3.24. The van der Waals surface area contributed by atoms with Crippen LogP contribution in [0.2, 0.25) is 0 Å². The van der Waals surface area contributed by atoms with Crippen LogP contribution < -0.4 is 10.6 Å². The van der Waals surface area contributed by atoms with Crippen molar-refractivity contribution in [3.8, 4) is 16.9 Å². The Bertz CT molecular complexity index is 885. The molecule has 1 aromatic carbocycles. The smallest absolute Gasteiger partial charge is 0.229 e. The molecule has 0 aliphatic carbocycles. The van der Waals surface area contributed by atoms with Crippen molar-refractivity contribution in [3.05, 3.63) is 54.2 Å². The number of nitrogens with zero attached hydrogens (tertiary/aromatic N) is 3. The van der Waals surface area contributed by atoms with Crippen LogP contribution in [-0.4, -0.2) is 27.1 Å². The molecule has 0 saturated carbocycles. The SMILES string of the molecule is CNc1nc(Nc2ccc(-c3ccnc(C)c3)c(F)c2)ncc1O. The van der Waals surface area contributed by atoms with Gasteiger partial charge in [0.15, 0.2) is 11.6 Å². The summed E-state index contributed by atoms with van der Waals surface area (Å²) < 4.78 is 14.4. The monoisotopic (exact) mass is 325 g/mol. The van der Waals surface area contributed by atoms with Crippen LogP contribution >= 0.6 is 0 Å². The predicted molar refractivity (Wildman–Crippen MR) is 90.9 cm³/mol. The van der Waals surface area contributed by atoms with Crippen LogP contribution in [0.25, 0.3) is 11.1 Å². The molecule has 122 valence electrons. The topological polar surface area (TPSA) is 83.0 Å². The molecule has 7 heteroatoms. The van der Waals surface area contributed by atoms with E-state index in [9.17, 15) is 9.50 Å². The number of benzene rings is 1. The number of pyridine rings is 1. The highest BCUT2D eigenvalue weighted by Gasteiger charge is 2.09. The van der Waals surface area contributed by atoms with Crippen molar-refractivity contribution in [2.75, 3.05) is 17.7 Å². The van der Waals surface area contributed by atoms with Gasteiger partial charge >= 0.3 is 0 Å². The van der Waals surface area contributed by atoms with Crippen LogP contribution in [0.5, 0.6) is 5.75 Å². The minimum Gasteiger partial charge on any atom is -0.503 e. The summed E-state index contributed by atoms with van der Waals surface area (Å²) in [5.41, 5.74) is 2.60. The van der Waals surface area contributed by atoms with E-state index in [-0.39, 0.29) is 23.3 Å². The number of rotatable bonds is 4. The molecule has 6 nitrogen and oxygen atoms in total. The van der Waals surface area contributed by atoms with E-state index in [1.54, 1.807) is 31.4 Å². The minimum atomic E-state index is -0.363. The molecule has 0 bridgehead atoms. The quantitative estimate of drug-likeness (QED) is 0.681. The molecule has 24 heavy (non-hydrogen) atoms. The number of aryl methyl sites for hydroxylation is 1. The Kier molecular flexibility index (Phi) is 4.24. The first-order valence-corrected chi connectivity index (χ1v) is 7.30. The van der Waals surface area contributed by atoms with Crippen molar-refractivity contribution in [3.63, 3.8) is 0 Å². The van der Waals surface area contributed by atoms with Crippen molar-refractivity contribution in [2.45, 2.75) is 6.92 Å². The molecule has 0 aliphatic rings. The van der Waals surface area contributed by atoms with Gasteiger partial charge in [0.25, 0.3) is 0 Å². The lowest BCUT2D eigenvalue weighted by atomic mass is 10.1. The molecule has 2 aromatic heterocycles. The van der Waals surface area contributed by atoms with Crippen molar-refractivity contribution in [1.82, 2.24) is 15.0 Å². The van der Waals surface area contributed by atoms with Gasteiger partial charge in [-0.15, -0.1) is 0 Å². The second-order valence-electron chi connectivity index (χ2n) is 5.18. The van der Waals surface area contributed by atoms with Gasteiger partial charge in [-0.25, -0.2) is 9.37 Å². The van der Waals surface area contributed by atoms with Crippen LogP contribution in [-0.2, 0) is 0 Å². The van der Waals surface area contributed by atoms with E-state index in [2.05, 4.69) is 25.6 Å². The molecule has 0 spiro atoms. The molecule has 0 fully saturated rings. The van der Waals surface area contributed by atoms with E-state index in [1.165, 1.54) is 12.3 Å². The fraction of sp³-hybridized carbons (Fsp3) is 0.118. The van der Waals surface area contributed by atoms with Gasteiger partial charge in [-0.05, 0) is 42.8 Å². The van der Waals surface area contributed by atoms with Gasteiger partial charge in [0.2, 0.25) is 5.95 Å². The Morgan fingerprint density at radius 3 is 2.67 bits per heavy atom. The van der Waals surface area contributed by atoms with E-state index in [0.29, 0.717) is 11.3 Å². The van der Waals surface area contributed by atoms with Crippen molar-refractivity contribution in [2.24, 2.45) is 0 Å². The maximum atomic E-state index is 14.4. The first kappa shape index (κ1) is 15.7. The highest BCUT2D eigenvalue weighted by atomic mass is 19.1. The van der Waals surface area contributed by atoms with Gasteiger partial charge in [0.05, 0.1) is 6.20 Å². The standard InChI is InChI=1S/C17H16FN5O/c1-10-7-11(5-6-20-10)13-4-3-12(8-14(13)18)22-17-21-9-15(24)16(19-2)23-17/h3-9,24H,1-2H3,(H2,19,21,22,23). The maximum absolute atomic E-state index is 14.4. The molecule has 3 rings (SSSR count). The number of aromatic nitrogens is 3. The summed E-state index contributed by atoms with van der Waals surface area (Å²) in [5, 5.41) is 15.2. The zero-order valence-corrected chi connectivity index (χ0v) is 13.2. The molecule has 0 aliphatic heterocycles. The van der Waals surface area contributed by atoms with Crippen LogP contribution in [0.1, 0.15) is 5.69 Å². The van der Waals surface area contributed by atoms with Crippen molar-refractivity contribution in [1.29, 1.82) is 0 Å². The van der Waals surface area contributed by atoms with Gasteiger partial charge < -0.3 is 15.7 Å². The first-order chi connectivity index (χ1) is 11.6. The van der Waals surface area contributed by atoms with Crippen LogP contribution in [0, 0.1) is 12.7 Å². The largest absolute Gasteiger partial charge is 0.503 e. The summed E-state index contributed by atoms with van der Waals surface area (Å²) in [6.07, 6.45) is 2.92. The summed E-state index contributed by atoms with van der Waals surface area (Å²) in [7, 11) is 1.64. The second kappa shape index (κ2) is 6.49. The Morgan fingerprint density at radius 1 is 1.12 bits per heavy atom. The molecule has 0 amide bonds. The number of anilines is 3. The molecular formula is C17H16FN5O. The van der Waals surface area contributed by atoms with Gasteiger partial charge in [-0.2, -0.15) is 4.98 Å². The Balaban J connectivity index is 1.87. The predicted octanol–water partition coefficient (Wildman–Crippen LogP) is 3.48. The van der Waals surface area contributed by atoms with Crippen molar-refractivity contribution < 1.29 is 9.50 Å². The molecule has 3 aromatic rings. The lowest BCUT2D eigenvalue weighted by Crippen LogP contribution is -2.01. The van der Waals surface area contributed by atoms with E-state index < -0.39 is 0 Å². The highest BCUT2D eigenvalue weighted by Crippen LogP contribution is 2.27. The molecule has 3 N–H and O–H groups in total. The number of hydrogen-bond acceptors (Lipinski definition) is 6. The number of halogens is 1. The first-order valence-electron chi connectivity index (χ1n) is 7.30. The molecular weight excluding hydrogens is 309 g/mol. The Morgan fingerprint density at radius 2 is 1.96 bits per heavy atom. The maximum Gasteiger partial charge on any atom is 0.229 e. The average molecular weight is 325 g/mol. The summed E-state index contributed by atoms with van der Waals surface area (Å²) >= 11 is 0. The van der Waals surface area contributed by atoms with Crippen molar-refractivity contribution >= 4 is 17.5 Å². The van der Waals surface area contributed by atoms with Crippen LogP contribution in [0.3, 0.4) is 0 Å². The molecule has 0 atom stereocenters. The third-order valence-corrected chi connectivity index (χ3v) is 3.44. The molecule has 0 radical (unpaired) electrons. The lowest BCUT2D eigenvalue weighted by molar-refractivity contribution is 0.472. The zero-order valence-electron chi connectivity index (χ0n) is 13.2. The summed E-state index contributed by atoms with van der Waals surface area (Å²) in [6.45, 7) is 1.86. The van der Waals surface area contributed by atoms with E-state index in [4.69, 9.17) is 0 Å². The van der Waals surface area contributed by atoms with Gasteiger partial charge in [0.1, 0.15) is 5.82 Å². The summed E-state index contributed by atoms with van der Waals surface area (Å²) in [5.74, 6) is 0.122. The highest BCUT2D eigenvalue weighted by molar-refractivity contribution is 5.68. The van der Waals surface area contributed by atoms with Crippen LogP contribution in [0.15, 0.2) is 42.7 Å². The number of aromatic hydroxyl groups is 1. The van der Waals surface area contributed by atoms with E-state index in [1.807, 2.05) is 13.0 Å². The zero-order chi connectivity index (χ0) is 17.1. The normalized spacial score (nSPS) is 10.5. The van der Waals surface area contributed by atoms with E-state index in [0.717, 1.165) is 11.3 Å². The van der Waals surface area contributed by atoms with Gasteiger partial charge in [-0.3, -0.25) is 4.98 Å². The third-order valence-electron chi connectivity index (χ3n) is 3.44. The second-order valence-corrected chi connectivity index (χ2v) is 5.18. The van der Waals surface area contributed by atoms with Gasteiger partial charge in [0, 0.05) is 30.2 Å². The number of hydrogen-bond donors (Lipinski definition) is 3. The van der Waals surface area contributed by atoms with Gasteiger partial charge in [-0.1, -0.05) is 0 Å². The molecule has 2 heterocycles. The molecule has 0 saturated heterocycles. The number of nitrogens with one attached hydrogen (secondary N) is 2. The fourth-order valence-corrected chi connectivity index (χ4v) is 2.29. The molecule has 0 unspecified atom stereocenters. The average Bonchev–Trinajstić information content (AvgIpc) is 2.56. The van der Waals surface area contributed by atoms with Crippen LogP contribution in [0.4, 0.5) is 21.8 Å². The summed E-state index contributed by atoms with van der Waals surface area (Å²) in [6, 6.07) is 8.39. The summed E-state index contributed by atoms with van der Waals surface area (Å²) in [4.78, 5) is 12.2. The fourth-order valence-electron chi connectivity index (χ4n) is 2.29. The Labute approximate surface area is 138 Å². The van der Waals surface area contributed by atoms with E-state index >= 15 is 0 Å². The minimum absolute atomic E-state index is 0.0577. The Hall–Kier alpha value is -3.22.